The van der Waals surface area contributed by atoms with Gasteiger partial charge in [-0.2, -0.15) is 0 Å². The van der Waals surface area contributed by atoms with Gasteiger partial charge in [0.2, 0.25) is 5.91 Å². The zero-order valence-corrected chi connectivity index (χ0v) is 16.7. The van der Waals surface area contributed by atoms with Gasteiger partial charge in [0.05, 0.1) is 11.5 Å². The first-order valence-corrected chi connectivity index (χ1v) is 9.63. The topological polar surface area (TPSA) is 75.6 Å². The van der Waals surface area contributed by atoms with Crippen molar-refractivity contribution in [3.63, 3.8) is 0 Å². The molecule has 0 heterocycles. The van der Waals surface area contributed by atoms with Crippen LogP contribution in [0.2, 0.25) is 0 Å². The number of allylic oxidation sites excluding steroid dienone is 2. The van der Waals surface area contributed by atoms with Crippen LogP contribution in [0.25, 0.3) is 0 Å². The Hall–Kier alpha value is -1.62. The van der Waals surface area contributed by atoms with Crippen molar-refractivity contribution in [3.05, 3.63) is 23.5 Å². The number of hydrogen-bond acceptors (Lipinski definition) is 4. The summed E-state index contributed by atoms with van der Waals surface area (Å²) in [6.45, 7) is 9.09. The van der Waals surface area contributed by atoms with E-state index in [4.69, 9.17) is 4.74 Å². The molecule has 0 radical (unpaired) electrons. The Bertz CT molecular complexity index is 604. The second kappa shape index (κ2) is 7.95. The van der Waals surface area contributed by atoms with Crippen LogP contribution in [0.1, 0.15) is 73.1 Å². The molecule has 0 unspecified atom stereocenters. The lowest BCUT2D eigenvalue weighted by Gasteiger charge is -2.32. The zero-order valence-electron chi connectivity index (χ0n) is 16.7. The average molecular weight is 363 g/mol. The summed E-state index contributed by atoms with van der Waals surface area (Å²) < 4.78 is 5.30. The fraction of sp³-hybridized carbons (Fsp3) is 0.714. The van der Waals surface area contributed by atoms with Gasteiger partial charge in [0.15, 0.2) is 0 Å². The van der Waals surface area contributed by atoms with Crippen LogP contribution < -0.4 is 5.32 Å². The highest BCUT2D eigenvalue weighted by molar-refractivity contribution is 5.82. The molecule has 146 valence electrons. The van der Waals surface area contributed by atoms with Crippen LogP contribution in [-0.2, 0) is 14.3 Å². The molecule has 1 fully saturated rings. The van der Waals surface area contributed by atoms with E-state index < -0.39 is 17.5 Å². The predicted molar refractivity (Wildman–Crippen MR) is 101 cm³/mol. The maximum absolute atomic E-state index is 13.0. The van der Waals surface area contributed by atoms with Gasteiger partial charge in [0.1, 0.15) is 5.76 Å². The minimum absolute atomic E-state index is 0.116. The fourth-order valence-corrected chi connectivity index (χ4v) is 3.71. The summed E-state index contributed by atoms with van der Waals surface area (Å²) in [6, 6.07) is 0.183. The zero-order chi connectivity index (χ0) is 19.5. The molecular formula is C21H33NO4. The Morgan fingerprint density at radius 2 is 1.85 bits per heavy atom. The molecule has 1 saturated carbocycles. The van der Waals surface area contributed by atoms with Gasteiger partial charge in [0, 0.05) is 19.4 Å². The van der Waals surface area contributed by atoms with Crippen molar-refractivity contribution in [3.8, 4) is 0 Å². The Labute approximate surface area is 156 Å². The predicted octanol–water partition coefficient (Wildman–Crippen LogP) is 3.63. The van der Waals surface area contributed by atoms with Crippen LogP contribution in [0, 0.1) is 11.3 Å². The SMILES string of the molecule is CC(=O)OC1=CC(C(C)(C)C)=C[C@@H](C(=O)NC2CCCCC2)[C@@](C)(O)C1. The number of carbonyl (C=O) groups excluding carboxylic acids is 2. The summed E-state index contributed by atoms with van der Waals surface area (Å²) >= 11 is 0. The summed E-state index contributed by atoms with van der Waals surface area (Å²) in [4.78, 5) is 24.4. The van der Waals surface area contributed by atoms with Crippen LogP contribution in [0.4, 0.5) is 0 Å². The minimum Gasteiger partial charge on any atom is -0.431 e. The largest absolute Gasteiger partial charge is 0.431 e. The summed E-state index contributed by atoms with van der Waals surface area (Å²) in [5.41, 5.74) is -0.683. The van der Waals surface area contributed by atoms with E-state index in [0.717, 1.165) is 31.3 Å². The fourth-order valence-electron chi connectivity index (χ4n) is 3.71. The summed E-state index contributed by atoms with van der Waals surface area (Å²) in [5, 5.41) is 14.2. The summed E-state index contributed by atoms with van der Waals surface area (Å²) in [7, 11) is 0. The molecule has 0 bridgehead atoms. The maximum atomic E-state index is 13.0. The van der Waals surface area contributed by atoms with E-state index >= 15 is 0 Å². The molecule has 2 rings (SSSR count). The van der Waals surface area contributed by atoms with Gasteiger partial charge in [-0.25, -0.2) is 0 Å². The number of amides is 1. The van der Waals surface area contributed by atoms with E-state index in [1.807, 2.05) is 26.8 Å². The van der Waals surface area contributed by atoms with Crippen molar-refractivity contribution in [2.24, 2.45) is 11.3 Å². The molecule has 1 amide bonds. The van der Waals surface area contributed by atoms with E-state index in [2.05, 4.69) is 5.32 Å². The number of esters is 1. The van der Waals surface area contributed by atoms with Crippen LogP contribution >= 0.6 is 0 Å². The first-order valence-electron chi connectivity index (χ1n) is 9.63. The van der Waals surface area contributed by atoms with E-state index in [1.165, 1.54) is 13.3 Å². The second-order valence-corrected chi connectivity index (χ2v) is 8.93. The molecule has 2 aliphatic carbocycles. The molecule has 2 N–H and O–H groups in total. The van der Waals surface area contributed by atoms with E-state index in [1.54, 1.807) is 13.0 Å². The van der Waals surface area contributed by atoms with Gasteiger partial charge in [-0.1, -0.05) is 46.1 Å². The Balaban J connectivity index is 2.29. The lowest BCUT2D eigenvalue weighted by atomic mass is 9.81. The van der Waals surface area contributed by atoms with Crippen molar-refractivity contribution in [1.82, 2.24) is 5.32 Å². The number of rotatable bonds is 3. The molecule has 0 aromatic heterocycles. The second-order valence-electron chi connectivity index (χ2n) is 8.93. The molecule has 2 aliphatic rings. The third kappa shape index (κ3) is 5.44. The van der Waals surface area contributed by atoms with Gasteiger partial charge in [-0.3, -0.25) is 9.59 Å². The molecule has 0 spiro atoms. The van der Waals surface area contributed by atoms with Crippen LogP contribution in [0.5, 0.6) is 0 Å². The lowest BCUT2D eigenvalue weighted by molar-refractivity contribution is -0.138. The van der Waals surface area contributed by atoms with Gasteiger partial charge >= 0.3 is 5.97 Å². The van der Waals surface area contributed by atoms with Crippen molar-refractivity contribution in [2.45, 2.75) is 84.8 Å². The molecule has 2 atom stereocenters. The first-order chi connectivity index (χ1) is 12.0. The number of hydrogen-bond donors (Lipinski definition) is 2. The van der Waals surface area contributed by atoms with Crippen molar-refractivity contribution >= 4 is 11.9 Å². The Morgan fingerprint density at radius 3 is 2.38 bits per heavy atom. The molecule has 26 heavy (non-hydrogen) atoms. The quantitative estimate of drug-likeness (QED) is 0.751. The third-order valence-corrected chi connectivity index (χ3v) is 5.24. The van der Waals surface area contributed by atoms with Gasteiger partial charge < -0.3 is 15.2 Å². The highest BCUT2D eigenvalue weighted by atomic mass is 16.5. The van der Waals surface area contributed by atoms with Gasteiger partial charge in [0.25, 0.3) is 0 Å². The average Bonchev–Trinajstić information content (AvgIpc) is 2.62. The lowest BCUT2D eigenvalue weighted by Crippen LogP contribution is -2.47. The van der Waals surface area contributed by atoms with Crippen LogP contribution in [0.15, 0.2) is 23.5 Å². The van der Waals surface area contributed by atoms with Crippen LogP contribution in [-0.4, -0.2) is 28.6 Å². The smallest absolute Gasteiger partial charge is 0.307 e. The number of ether oxygens (including phenoxy) is 1. The molecule has 0 aromatic rings. The van der Waals surface area contributed by atoms with E-state index in [0.29, 0.717) is 5.76 Å². The molecule has 0 saturated heterocycles. The number of aliphatic hydroxyl groups is 1. The normalized spacial score (nSPS) is 27.8. The van der Waals surface area contributed by atoms with Crippen molar-refractivity contribution in [1.29, 1.82) is 0 Å². The highest BCUT2D eigenvalue weighted by Crippen LogP contribution is 2.38. The monoisotopic (exact) mass is 363 g/mol. The molecule has 0 aromatic carbocycles. The third-order valence-electron chi connectivity index (χ3n) is 5.24. The molecule has 0 aliphatic heterocycles. The maximum Gasteiger partial charge on any atom is 0.307 e. The molecule has 5 heteroatoms. The summed E-state index contributed by atoms with van der Waals surface area (Å²) in [6.07, 6.45) is 9.22. The number of nitrogens with one attached hydrogen (secondary N) is 1. The van der Waals surface area contributed by atoms with E-state index in [9.17, 15) is 14.7 Å². The Morgan fingerprint density at radius 1 is 1.23 bits per heavy atom. The Kier molecular flexibility index (Phi) is 6.33. The number of carbonyl (C=O) groups is 2. The standard InChI is InChI=1S/C21H33NO4/c1-14(23)26-17-11-15(20(2,3)4)12-18(21(5,25)13-17)19(24)22-16-9-7-6-8-10-16/h11-12,16,18,25H,6-10,13H2,1-5H3,(H,22,24)/t18-,21-/m0/s1. The van der Waals surface area contributed by atoms with E-state index in [-0.39, 0.29) is 23.8 Å². The molecular weight excluding hydrogens is 330 g/mol. The minimum atomic E-state index is -1.33. The highest BCUT2D eigenvalue weighted by Gasteiger charge is 2.41. The van der Waals surface area contributed by atoms with Crippen LogP contribution in [0.3, 0.4) is 0 Å². The van der Waals surface area contributed by atoms with Gasteiger partial charge in [-0.05, 0) is 36.8 Å². The van der Waals surface area contributed by atoms with Crippen molar-refractivity contribution in [2.75, 3.05) is 0 Å². The first kappa shape index (κ1) is 20.7. The van der Waals surface area contributed by atoms with Crippen molar-refractivity contribution < 1.29 is 19.4 Å². The molecule has 5 nitrogen and oxygen atoms in total. The van der Waals surface area contributed by atoms with Gasteiger partial charge in [-0.15, -0.1) is 0 Å². The summed E-state index contributed by atoms with van der Waals surface area (Å²) in [5.74, 6) is -0.869.